The predicted molar refractivity (Wildman–Crippen MR) is 115 cm³/mol. The summed E-state index contributed by atoms with van der Waals surface area (Å²) in [6, 6.07) is 17.5. The maximum Gasteiger partial charge on any atom is 0.264 e. The lowest BCUT2D eigenvalue weighted by Crippen LogP contribution is -2.16. The van der Waals surface area contributed by atoms with Crippen LogP contribution in [-0.2, 0) is 20.6 Å². The van der Waals surface area contributed by atoms with Gasteiger partial charge in [-0.05, 0) is 42.8 Å². The molecule has 0 aliphatic carbocycles. The number of anilines is 2. The molecule has 0 spiro atoms. The first-order valence-electron chi connectivity index (χ1n) is 8.76. The van der Waals surface area contributed by atoms with Crippen molar-refractivity contribution >= 4 is 39.3 Å². The molecule has 3 rings (SSSR count). The Bertz CT molecular complexity index is 1070. The third-order valence-electron chi connectivity index (χ3n) is 3.81. The smallest absolute Gasteiger partial charge is 0.264 e. The number of sulfonamides is 1. The molecule has 7 nitrogen and oxygen atoms in total. The zero-order valence-electron chi connectivity index (χ0n) is 15.7. The van der Waals surface area contributed by atoms with Crippen molar-refractivity contribution in [2.75, 3.05) is 15.8 Å². The van der Waals surface area contributed by atoms with Gasteiger partial charge in [-0.2, -0.15) is 0 Å². The minimum absolute atomic E-state index is 0.0119. The highest BCUT2D eigenvalue weighted by molar-refractivity contribution is 7.99. The second-order valence-corrected chi connectivity index (χ2v) is 8.85. The number of hydrogen-bond acceptors (Lipinski definition) is 6. The zero-order valence-corrected chi connectivity index (χ0v) is 17.3. The predicted octanol–water partition coefficient (Wildman–Crippen LogP) is 3.46. The van der Waals surface area contributed by atoms with E-state index in [1.54, 1.807) is 25.1 Å². The van der Waals surface area contributed by atoms with Gasteiger partial charge >= 0.3 is 0 Å². The summed E-state index contributed by atoms with van der Waals surface area (Å²) >= 11 is 1.51. The summed E-state index contributed by atoms with van der Waals surface area (Å²) in [6.45, 7) is 1.75. The Labute approximate surface area is 174 Å². The van der Waals surface area contributed by atoms with Crippen LogP contribution in [0.2, 0.25) is 0 Å². The lowest BCUT2D eigenvalue weighted by molar-refractivity contribution is -0.113. The molecule has 2 aromatic carbocycles. The Kier molecular flexibility index (Phi) is 6.84. The summed E-state index contributed by atoms with van der Waals surface area (Å²) in [4.78, 5) is 20.1. The van der Waals surface area contributed by atoms with Gasteiger partial charge in [0.25, 0.3) is 10.0 Å². The molecule has 1 aromatic heterocycles. The van der Waals surface area contributed by atoms with Crippen LogP contribution in [0.15, 0.2) is 71.8 Å². The van der Waals surface area contributed by atoms with Crippen molar-refractivity contribution in [1.82, 2.24) is 9.97 Å². The second-order valence-electron chi connectivity index (χ2n) is 6.18. The van der Waals surface area contributed by atoms with Crippen molar-refractivity contribution in [3.63, 3.8) is 0 Å². The maximum atomic E-state index is 12.4. The van der Waals surface area contributed by atoms with Gasteiger partial charge in [0.05, 0.1) is 10.6 Å². The van der Waals surface area contributed by atoms with E-state index in [9.17, 15) is 13.2 Å². The molecule has 0 radical (unpaired) electrons. The number of amides is 1. The Morgan fingerprint density at radius 1 is 1.03 bits per heavy atom. The molecule has 0 saturated heterocycles. The third-order valence-corrected chi connectivity index (χ3v) is 6.16. The standard InChI is InChI=1S/C20H20N4O3S2/c1-15-11-12-21-20(22-15)24-29(26,27)18-9-7-17(8-10-18)23-19(25)14-28-13-16-5-3-2-4-6-16/h2-12H,13-14H2,1H3,(H,23,25)(H,21,22,24). The highest BCUT2D eigenvalue weighted by Gasteiger charge is 2.16. The summed E-state index contributed by atoms with van der Waals surface area (Å²) in [5.74, 6) is 0.921. The van der Waals surface area contributed by atoms with Crippen LogP contribution in [0.1, 0.15) is 11.3 Å². The van der Waals surface area contributed by atoms with Crippen LogP contribution in [0.3, 0.4) is 0 Å². The van der Waals surface area contributed by atoms with Gasteiger partial charge in [0.1, 0.15) is 0 Å². The van der Waals surface area contributed by atoms with Crippen LogP contribution in [-0.4, -0.2) is 30.0 Å². The van der Waals surface area contributed by atoms with Crippen LogP contribution >= 0.6 is 11.8 Å². The summed E-state index contributed by atoms with van der Waals surface area (Å²) in [6.07, 6.45) is 1.48. The van der Waals surface area contributed by atoms with Crippen molar-refractivity contribution in [3.05, 3.63) is 78.1 Å². The average Bonchev–Trinajstić information content (AvgIpc) is 2.69. The van der Waals surface area contributed by atoms with E-state index >= 15 is 0 Å². The molecule has 150 valence electrons. The Morgan fingerprint density at radius 3 is 2.45 bits per heavy atom. The van der Waals surface area contributed by atoms with E-state index in [1.165, 1.54) is 30.1 Å². The van der Waals surface area contributed by atoms with Crippen LogP contribution in [0, 0.1) is 6.92 Å². The Hall–Kier alpha value is -2.91. The molecule has 0 aliphatic heterocycles. The number of nitrogens with zero attached hydrogens (tertiary/aromatic N) is 2. The number of nitrogens with one attached hydrogen (secondary N) is 2. The number of thioether (sulfide) groups is 1. The van der Waals surface area contributed by atoms with Gasteiger partial charge < -0.3 is 5.32 Å². The number of hydrogen-bond donors (Lipinski definition) is 2. The molecule has 29 heavy (non-hydrogen) atoms. The normalized spacial score (nSPS) is 11.1. The number of aromatic nitrogens is 2. The fourth-order valence-corrected chi connectivity index (χ4v) is 4.17. The molecule has 1 heterocycles. The maximum absolute atomic E-state index is 12.4. The SMILES string of the molecule is Cc1ccnc(NS(=O)(=O)c2ccc(NC(=O)CSCc3ccccc3)cc2)n1. The van der Waals surface area contributed by atoms with Crippen LogP contribution in [0.4, 0.5) is 11.6 Å². The number of benzene rings is 2. The van der Waals surface area contributed by atoms with Gasteiger partial charge in [-0.15, -0.1) is 11.8 Å². The first-order valence-corrected chi connectivity index (χ1v) is 11.4. The van der Waals surface area contributed by atoms with E-state index in [0.29, 0.717) is 17.1 Å². The molecule has 0 bridgehead atoms. The van der Waals surface area contributed by atoms with Gasteiger partial charge in [0.2, 0.25) is 11.9 Å². The fourth-order valence-electron chi connectivity index (χ4n) is 2.43. The molecule has 0 saturated carbocycles. The highest BCUT2D eigenvalue weighted by atomic mass is 32.2. The van der Waals surface area contributed by atoms with E-state index in [4.69, 9.17) is 0 Å². The lowest BCUT2D eigenvalue weighted by Gasteiger charge is -2.09. The van der Waals surface area contributed by atoms with Crippen LogP contribution < -0.4 is 10.0 Å². The van der Waals surface area contributed by atoms with E-state index in [1.807, 2.05) is 30.3 Å². The van der Waals surface area contributed by atoms with Crippen LogP contribution in [0.25, 0.3) is 0 Å². The minimum Gasteiger partial charge on any atom is -0.325 e. The van der Waals surface area contributed by atoms with E-state index in [2.05, 4.69) is 20.0 Å². The molecule has 1 amide bonds. The molecule has 0 fully saturated rings. The summed E-state index contributed by atoms with van der Waals surface area (Å²) in [5.41, 5.74) is 2.34. The van der Waals surface area contributed by atoms with Gasteiger partial charge in [-0.25, -0.2) is 23.1 Å². The molecule has 0 atom stereocenters. The first-order chi connectivity index (χ1) is 13.9. The number of aryl methyl sites for hydroxylation is 1. The van der Waals surface area contributed by atoms with Gasteiger partial charge in [0.15, 0.2) is 0 Å². The third kappa shape index (κ3) is 6.30. The first kappa shape index (κ1) is 20.8. The van der Waals surface area contributed by atoms with Crippen molar-refractivity contribution in [1.29, 1.82) is 0 Å². The summed E-state index contributed by atoms with van der Waals surface area (Å²) in [7, 11) is -3.81. The molecule has 2 N–H and O–H groups in total. The average molecular weight is 429 g/mol. The quantitative estimate of drug-likeness (QED) is 0.570. The highest BCUT2D eigenvalue weighted by Crippen LogP contribution is 2.17. The number of carbonyl (C=O) groups is 1. The molecule has 0 unspecified atom stereocenters. The second kappa shape index (κ2) is 9.53. The largest absolute Gasteiger partial charge is 0.325 e. The molecular weight excluding hydrogens is 408 g/mol. The van der Waals surface area contributed by atoms with E-state index in [-0.39, 0.29) is 16.8 Å². The molecular formula is C20H20N4O3S2. The van der Waals surface area contributed by atoms with Gasteiger partial charge in [-0.3, -0.25) is 4.79 Å². The van der Waals surface area contributed by atoms with Gasteiger partial charge in [-0.1, -0.05) is 30.3 Å². The fraction of sp³-hybridized carbons (Fsp3) is 0.150. The van der Waals surface area contributed by atoms with Crippen molar-refractivity contribution in [3.8, 4) is 0 Å². The van der Waals surface area contributed by atoms with Crippen LogP contribution in [0.5, 0.6) is 0 Å². The van der Waals surface area contributed by atoms with Gasteiger partial charge in [0, 0.05) is 23.3 Å². The van der Waals surface area contributed by atoms with E-state index in [0.717, 1.165) is 11.3 Å². The molecule has 0 aliphatic rings. The Balaban J connectivity index is 1.54. The van der Waals surface area contributed by atoms with Crippen molar-refractivity contribution in [2.24, 2.45) is 0 Å². The summed E-state index contributed by atoms with van der Waals surface area (Å²) in [5, 5.41) is 2.76. The number of rotatable bonds is 8. The van der Waals surface area contributed by atoms with Crippen molar-refractivity contribution < 1.29 is 13.2 Å². The topological polar surface area (TPSA) is 101 Å². The molecule has 9 heteroatoms. The minimum atomic E-state index is -3.81. The summed E-state index contributed by atoms with van der Waals surface area (Å²) < 4.78 is 27.2. The number of carbonyl (C=O) groups excluding carboxylic acids is 1. The molecule has 3 aromatic rings. The lowest BCUT2D eigenvalue weighted by atomic mass is 10.2. The van der Waals surface area contributed by atoms with Crippen molar-refractivity contribution in [2.45, 2.75) is 17.6 Å². The zero-order chi connectivity index (χ0) is 20.7. The monoisotopic (exact) mass is 428 g/mol. The van der Waals surface area contributed by atoms with E-state index < -0.39 is 10.0 Å². The Morgan fingerprint density at radius 2 is 1.76 bits per heavy atom.